The van der Waals surface area contributed by atoms with Gasteiger partial charge >= 0.3 is 6.09 Å². The molecule has 0 radical (unpaired) electrons. The second-order valence-corrected chi connectivity index (χ2v) is 10.3. The quantitative estimate of drug-likeness (QED) is 0.464. The summed E-state index contributed by atoms with van der Waals surface area (Å²) >= 11 is 1.16. The maximum Gasteiger partial charge on any atom is 0.413 e. The molecule has 0 atom stereocenters. The summed E-state index contributed by atoms with van der Waals surface area (Å²) in [5.41, 5.74) is 1.76. The minimum atomic E-state index is -3.94. The Hall–Kier alpha value is -3.70. The van der Waals surface area contributed by atoms with E-state index in [0.29, 0.717) is 5.56 Å². The number of aryl methyl sites for hydroxylation is 2. The fourth-order valence-corrected chi connectivity index (χ4v) is 5.19. The van der Waals surface area contributed by atoms with Crippen LogP contribution < -0.4 is 15.4 Å². The van der Waals surface area contributed by atoms with Gasteiger partial charge in [0.25, 0.3) is 21.8 Å². The van der Waals surface area contributed by atoms with Crippen LogP contribution in [0.5, 0.6) is 0 Å². The summed E-state index contributed by atoms with van der Waals surface area (Å²) in [4.78, 5) is 38.0. The number of rotatable bonds is 6. The van der Waals surface area contributed by atoms with Gasteiger partial charge in [0.1, 0.15) is 5.00 Å². The molecule has 1 aromatic heterocycles. The average Bonchev–Trinajstić information content (AvgIpc) is 3.06. The number of methoxy groups -OCH3 is 1. The Bertz CT molecular complexity index is 1360. The van der Waals surface area contributed by atoms with Crippen molar-refractivity contribution in [2.45, 2.75) is 25.7 Å². The first-order valence-electron chi connectivity index (χ1n) is 10.0. The van der Waals surface area contributed by atoms with Gasteiger partial charge in [-0.1, -0.05) is 29.8 Å². The highest BCUT2D eigenvalue weighted by atomic mass is 32.2. The van der Waals surface area contributed by atoms with E-state index in [1.165, 1.54) is 24.3 Å². The van der Waals surface area contributed by atoms with Crippen molar-refractivity contribution < 1.29 is 27.5 Å². The van der Waals surface area contributed by atoms with E-state index >= 15 is 0 Å². The average molecular weight is 502 g/mol. The fourth-order valence-electron chi connectivity index (χ4n) is 3.06. The number of hydrogen-bond acceptors (Lipinski definition) is 7. The fraction of sp³-hybridized carbons (Fsp3) is 0.174. The number of sulfonamides is 1. The molecule has 0 aliphatic heterocycles. The number of hydrogen-bond donors (Lipinski definition) is 3. The van der Waals surface area contributed by atoms with Crippen molar-refractivity contribution in [2.24, 2.45) is 0 Å². The largest absolute Gasteiger partial charge is 0.453 e. The predicted octanol–water partition coefficient (Wildman–Crippen LogP) is 4.22. The molecule has 3 aromatic rings. The molecule has 3 amide bonds. The van der Waals surface area contributed by atoms with Crippen molar-refractivity contribution >= 4 is 50.0 Å². The van der Waals surface area contributed by atoms with E-state index in [2.05, 4.69) is 20.1 Å². The van der Waals surface area contributed by atoms with Gasteiger partial charge in [0.2, 0.25) is 0 Å². The molecule has 0 saturated carbocycles. The molecule has 0 bridgehead atoms. The van der Waals surface area contributed by atoms with Crippen molar-refractivity contribution in [3.63, 3.8) is 0 Å². The molecule has 0 unspecified atom stereocenters. The lowest BCUT2D eigenvalue weighted by Gasteiger charge is -2.13. The molecule has 34 heavy (non-hydrogen) atoms. The maximum absolute atomic E-state index is 13.1. The molecular weight excluding hydrogens is 478 g/mol. The molecule has 0 spiro atoms. The van der Waals surface area contributed by atoms with Gasteiger partial charge in [-0.3, -0.25) is 19.6 Å². The summed E-state index contributed by atoms with van der Waals surface area (Å²) in [5.74, 6) is -1.35. The van der Waals surface area contributed by atoms with Crippen molar-refractivity contribution in [3.8, 4) is 0 Å². The van der Waals surface area contributed by atoms with Crippen molar-refractivity contribution in [1.29, 1.82) is 0 Å². The highest BCUT2D eigenvalue weighted by Crippen LogP contribution is 2.33. The van der Waals surface area contributed by atoms with Crippen LogP contribution >= 0.6 is 11.3 Å². The van der Waals surface area contributed by atoms with Crippen LogP contribution in [0.1, 0.15) is 36.7 Å². The standard InChI is InChI=1S/C23H23N3O6S2/c1-13-9-11-16(12-10-13)34(30,31)26-18-8-6-5-7-17(18)20(27)24-22-19(14(2)15(3)33-22)21(28)25-23(29)32-4/h5-12,26H,1-4H3,(H,24,27)(H,25,28,29). The molecule has 178 valence electrons. The van der Waals surface area contributed by atoms with Gasteiger partial charge in [-0.05, 0) is 50.6 Å². The van der Waals surface area contributed by atoms with Crippen LogP contribution in [0.15, 0.2) is 53.4 Å². The predicted molar refractivity (Wildman–Crippen MR) is 130 cm³/mol. The number of amides is 3. The van der Waals surface area contributed by atoms with E-state index in [1.807, 2.05) is 6.92 Å². The first-order valence-corrected chi connectivity index (χ1v) is 12.3. The molecule has 1 heterocycles. The van der Waals surface area contributed by atoms with E-state index in [-0.39, 0.29) is 26.7 Å². The van der Waals surface area contributed by atoms with E-state index in [1.54, 1.807) is 38.1 Å². The minimum absolute atomic E-state index is 0.0552. The van der Waals surface area contributed by atoms with Crippen LogP contribution in [-0.2, 0) is 14.8 Å². The van der Waals surface area contributed by atoms with Gasteiger partial charge in [0.05, 0.1) is 28.8 Å². The van der Waals surface area contributed by atoms with Crippen LogP contribution in [0, 0.1) is 20.8 Å². The van der Waals surface area contributed by atoms with Crippen LogP contribution in [0.4, 0.5) is 15.5 Å². The highest BCUT2D eigenvalue weighted by molar-refractivity contribution is 7.92. The lowest BCUT2D eigenvalue weighted by atomic mass is 10.1. The monoisotopic (exact) mass is 501 g/mol. The molecule has 9 nitrogen and oxygen atoms in total. The number of ether oxygens (including phenoxy) is 1. The zero-order valence-electron chi connectivity index (χ0n) is 18.9. The number of imide groups is 1. The third kappa shape index (κ3) is 5.43. The molecule has 0 aliphatic carbocycles. The SMILES string of the molecule is COC(=O)NC(=O)c1c(NC(=O)c2ccccc2NS(=O)(=O)c2ccc(C)cc2)sc(C)c1C. The summed E-state index contributed by atoms with van der Waals surface area (Å²) in [6.45, 7) is 5.31. The number of para-hydroxylation sites is 1. The Morgan fingerprint density at radius 3 is 2.21 bits per heavy atom. The lowest BCUT2D eigenvalue weighted by Crippen LogP contribution is -2.31. The van der Waals surface area contributed by atoms with Crippen molar-refractivity contribution in [3.05, 3.63) is 75.7 Å². The summed E-state index contributed by atoms with van der Waals surface area (Å²) in [6.07, 6.45) is -0.929. The van der Waals surface area contributed by atoms with E-state index in [9.17, 15) is 22.8 Å². The molecule has 0 fully saturated rings. The molecule has 11 heteroatoms. The molecule has 3 rings (SSSR count). The normalized spacial score (nSPS) is 10.9. The van der Waals surface area contributed by atoms with Crippen LogP contribution in [0.2, 0.25) is 0 Å². The third-order valence-electron chi connectivity index (χ3n) is 4.99. The maximum atomic E-state index is 13.1. The van der Waals surface area contributed by atoms with E-state index in [4.69, 9.17) is 0 Å². The van der Waals surface area contributed by atoms with Crippen molar-refractivity contribution in [1.82, 2.24) is 5.32 Å². The first-order chi connectivity index (χ1) is 16.0. The topological polar surface area (TPSA) is 131 Å². The van der Waals surface area contributed by atoms with Gasteiger partial charge in [0, 0.05) is 4.88 Å². The molecule has 0 aliphatic rings. The zero-order valence-corrected chi connectivity index (χ0v) is 20.5. The first kappa shape index (κ1) is 24.9. The number of alkyl carbamates (subject to hydrolysis) is 1. The Morgan fingerprint density at radius 1 is 0.912 bits per heavy atom. The van der Waals surface area contributed by atoms with Gasteiger partial charge in [-0.25, -0.2) is 13.2 Å². The number of carbonyl (C=O) groups is 3. The second kappa shape index (κ2) is 10.1. The van der Waals surface area contributed by atoms with Gasteiger partial charge in [0.15, 0.2) is 0 Å². The highest BCUT2D eigenvalue weighted by Gasteiger charge is 2.24. The second-order valence-electron chi connectivity index (χ2n) is 7.35. The summed E-state index contributed by atoms with van der Waals surface area (Å²) in [5, 5.41) is 4.97. The van der Waals surface area contributed by atoms with Gasteiger partial charge < -0.3 is 10.1 Å². The Morgan fingerprint density at radius 2 is 1.56 bits per heavy atom. The van der Waals surface area contributed by atoms with Crippen LogP contribution in [0.3, 0.4) is 0 Å². The summed E-state index contributed by atoms with van der Waals surface area (Å²) in [7, 11) is -2.81. The minimum Gasteiger partial charge on any atom is -0.453 e. The summed E-state index contributed by atoms with van der Waals surface area (Å²) in [6, 6.07) is 12.4. The van der Waals surface area contributed by atoms with Crippen LogP contribution in [0.25, 0.3) is 0 Å². The Balaban J connectivity index is 1.90. The molecule has 2 aromatic carbocycles. The number of anilines is 2. The number of thiophene rings is 1. The lowest BCUT2D eigenvalue weighted by molar-refractivity contribution is 0.0937. The van der Waals surface area contributed by atoms with E-state index in [0.717, 1.165) is 28.9 Å². The number of nitrogens with one attached hydrogen (secondary N) is 3. The van der Waals surface area contributed by atoms with E-state index < -0.39 is 27.9 Å². The molecule has 3 N–H and O–H groups in total. The molecular formula is C23H23N3O6S2. The summed E-state index contributed by atoms with van der Waals surface area (Å²) < 4.78 is 32.6. The zero-order chi connectivity index (χ0) is 25.0. The van der Waals surface area contributed by atoms with Crippen LogP contribution in [-0.4, -0.2) is 33.4 Å². The van der Waals surface area contributed by atoms with Gasteiger partial charge in [-0.15, -0.1) is 11.3 Å². The number of carbonyl (C=O) groups excluding carboxylic acids is 3. The van der Waals surface area contributed by atoms with Gasteiger partial charge in [-0.2, -0.15) is 0 Å². The smallest absolute Gasteiger partial charge is 0.413 e. The van der Waals surface area contributed by atoms with Crippen molar-refractivity contribution in [2.75, 3.05) is 17.1 Å². The number of benzene rings is 2. The molecule has 0 saturated heterocycles. The Kier molecular flexibility index (Phi) is 7.38. The Labute approximate surface area is 201 Å². The third-order valence-corrected chi connectivity index (χ3v) is 7.49.